The second kappa shape index (κ2) is 4.43. The van der Waals surface area contributed by atoms with Crippen LogP contribution >= 0.6 is 0 Å². The van der Waals surface area contributed by atoms with Crippen molar-refractivity contribution in [1.29, 1.82) is 0 Å². The van der Waals surface area contributed by atoms with Crippen LogP contribution in [-0.2, 0) is 0 Å². The second-order valence-electron chi connectivity index (χ2n) is 4.79. The van der Waals surface area contributed by atoms with Crippen molar-refractivity contribution in [1.82, 2.24) is 4.65 Å². The molecule has 2 rings (SSSR count). The van der Waals surface area contributed by atoms with Crippen LogP contribution in [0.3, 0.4) is 0 Å². The quantitative estimate of drug-likeness (QED) is 0.343. The summed E-state index contributed by atoms with van der Waals surface area (Å²) >= 11 is 0. The molecule has 0 aromatic heterocycles. The van der Waals surface area contributed by atoms with Crippen LogP contribution in [0.15, 0.2) is 24.3 Å². The molecule has 1 aromatic carbocycles. The lowest BCUT2D eigenvalue weighted by atomic mass is 9.99. The third kappa shape index (κ3) is 2.30. The third-order valence-corrected chi connectivity index (χ3v) is 3.34. The van der Waals surface area contributed by atoms with E-state index in [2.05, 4.69) is 0 Å². The van der Waals surface area contributed by atoms with Crippen LogP contribution in [-0.4, -0.2) is 18.0 Å². The van der Waals surface area contributed by atoms with E-state index in [0.29, 0.717) is 24.7 Å². The zero-order chi connectivity index (χ0) is 12.5. The first kappa shape index (κ1) is 12.0. The number of hydrogen-bond acceptors (Lipinski definition) is 3. The van der Waals surface area contributed by atoms with E-state index in [4.69, 9.17) is 0 Å². The Morgan fingerprint density at radius 3 is 2.76 bits per heavy atom. The lowest BCUT2D eigenvalue weighted by molar-refractivity contribution is -0.384. The number of hydrogen-bond donors (Lipinski definition) is 0. The second-order valence-corrected chi connectivity index (χ2v) is 4.79. The largest absolute Gasteiger partial charge is 0.627 e. The van der Waals surface area contributed by atoms with Crippen molar-refractivity contribution >= 4 is 11.4 Å². The van der Waals surface area contributed by atoms with E-state index in [9.17, 15) is 15.3 Å². The van der Waals surface area contributed by atoms with E-state index >= 15 is 0 Å². The predicted octanol–water partition coefficient (Wildman–Crippen LogP) is 2.83. The molecule has 5 heteroatoms. The Bertz CT molecular complexity index is 436. The van der Waals surface area contributed by atoms with Gasteiger partial charge < -0.3 is 9.85 Å². The van der Waals surface area contributed by atoms with Crippen LogP contribution in [0.4, 0.5) is 11.4 Å². The number of hydroxylamine groups is 2. The molecule has 5 nitrogen and oxygen atoms in total. The van der Waals surface area contributed by atoms with Gasteiger partial charge in [-0.3, -0.25) is 10.1 Å². The van der Waals surface area contributed by atoms with Crippen LogP contribution in [0.5, 0.6) is 0 Å². The van der Waals surface area contributed by atoms with Gasteiger partial charge in [0.1, 0.15) is 0 Å². The summed E-state index contributed by atoms with van der Waals surface area (Å²) in [6.07, 6.45) is 1.86. The highest BCUT2D eigenvalue weighted by Gasteiger charge is 2.33. The first-order valence-corrected chi connectivity index (χ1v) is 5.85. The molecule has 1 fully saturated rings. The normalized spacial score (nSPS) is 28.9. The summed E-state index contributed by atoms with van der Waals surface area (Å²) in [5, 5.41) is 23.6. The molecule has 92 valence electrons. The van der Waals surface area contributed by atoms with Crippen molar-refractivity contribution in [2.75, 3.05) is 13.1 Å². The maximum atomic E-state index is 12.7. The minimum absolute atomic E-state index is 0.0587. The van der Waals surface area contributed by atoms with Crippen LogP contribution in [0.1, 0.15) is 19.8 Å². The van der Waals surface area contributed by atoms with Gasteiger partial charge in [0.25, 0.3) is 0 Å². The van der Waals surface area contributed by atoms with Gasteiger partial charge in [-0.2, -0.15) is 0 Å². The maximum absolute atomic E-state index is 12.7. The van der Waals surface area contributed by atoms with Gasteiger partial charge in [0, 0.05) is 18.1 Å². The number of para-hydroxylation sites is 2. The molecule has 1 heterocycles. The minimum atomic E-state index is -0.557. The van der Waals surface area contributed by atoms with E-state index < -0.39 is 9.57 Å². The molecular formula is C12H16N2O3. The summed E-state index contributed by atoms with van der Waals surface area (Å²) in [5.41, 5.74) is 0.237. The van der Waals surface area contributed by atoms with Crippen molar-refractivity contribution in [2.24, 2.45) is 5.92 Å². The van der Waals surface area contributed by atoms with Gasteiger partial charge in [-0.15, -0.1) is 0 Å². The van der Waals surface area contributed by atoms with E-state index in [0.717, 1.165) is 12.8 Å². The fraction of sp³-hybridized carbons (Fsp3) is 0.500. The molecule has 0 bridgehead atoms. The minimum Gasteiger partial charge on any atom is -0.627 e. The third-order valence-electron chi connectivity index (χ3n) is 3.34. The topological polar surface area (TPSA) is 66.2 Å². The summed E-state index contributed by atoms with van der Waals surface area (Å²) < 4.78 is -0.557. The van der Waals surface area contributed by atoms with Gasteiger partial charge in [0.05, 0.1) is 18.0 Å². The van der Waals surface area contributed by atoms with Crippen LogP contribution in [0, 0.1) is 21.2 Å². The van der Waals surface area contributed by atoms with Crippen LogP contribution < -0.4 is 4.65 Å². The molecule has 0 amide bonds. The highest BCUT2D eigenvalue weighted by Crippen LogP contribution is 2.36. The SMILES string of the molecule is CC1CCC[N+]([O-])(c2ccccc2[N+](=O)[O-])C1. The summed E-state index contributed by atoms with van der Waals surface area (Å²) in [5.74, 6) is 0.320. The Morgan fingerprint density at radius 1 is 1.41 bits per heavy atom. The zero-order valence-corrected chi connectivity index (χ0v) is 9.83. The zero-order valence-electron chi connectivity index (χ0n) is 9.83. The first-order valence-electron chi connectivity index (χ1n) is 5.85. The molecule has 1 aliphatic rings. The number of nitro benzene ring substituents is 1. The molecule has 1 aliphatic heterocycles. The molecule has 2 atom stereocenters. The lowest BCUT2D eigenvalue weighted by Gasteiger charge is -2.46. The monoisotopic (exact) mass is 236 g/mol. The van der Waals surface area contributed by atoms with E-state index in [1.807, 2.05) is 6.92 Å². The number of nitrogens with zero attached hydrogens (tertiary/aromatic N) is 2. The van der Waals surface area contributed by atoms with Crippen LogP contribution in [0.2, 0.25) is 0 Å². The smallest absolute Gasteiger partial charge is 0.329 e. The number of quaternary nitrogens is 1. The number of piperidine rings is 1. The molecule has 1 saturated heterocycles. The highest BCUT2D eigenvalue weighted by atomic mass is 16.6. The van der Waals surface area contributed by atoms with E-state index in [-0.39, 0.29) is 5.69 Å². The van der Waals surface area contributed by atoms with Crippen molar-refractivity contribution in [2.45, 2.75) is 19.8 Å². The molecule has 2 unspecified atom stereocenters. The van der Waals surface area contributed by atoms with Gasteiger partial charge in [0.15, 0.2) is 0 Å². The summed E-state index contributed by atoms with van der Waals surface area (Å²) in [4.78, 5) is 10.5. The number of rotatable bonds is 2. The Hall–Kier alpha value is -1.46. The highest BCUT2D eigenvalue weighted by molar-refractivity contribution is 5.61. The molecule has 0 saturated carbocycles. The van der Waals surface area contributed by atoms with Crippen molar-refractivity contribution in [3.05, 3.63) is 39.6 Å². The molecule has 17 heavy (non-hydrogen) atoms. The molecule has 0 N–H and O–H groups in total. The molecular weight excluding hydrogens is 220 g/mol. The van der Waals surface area contributed by atoms with Gasteiger partial charge in [-0.25, -0.2) is 0 Å². The number of benzene rings is 1. The van der Waals surface area contributed by atoms with Crippen molar-refractivity contribution in [3.63, 3.8) is 0 Å². The fourth-order valence-corrected chi connectivity index (χ4v) is 2.56. The average molecular weight is 236 g/mol. The summed E-state index contributed by atoms with van der Waals surface area (Å²) in [7, 11) is 0. The average Bonchev–Trinajstić information content (AvgIpc) is 2.28. The van der Waals surface area contributed by atoms with Crippen molar-refractivity contribution in [3.8, 4) is 0 Å². The Morgan fingerprint density at radius 2 is 2.12 bits per heavy atom. The van der Waals surface area contributed by atoms with Crippen molar-refractivity contribution < 1.29 is 4.92 Å². The van der Waals surface area contributed by atoms with Gasteiger partial charge in [-0.05, 0) is 12.8 Å². The van der Waals surface area contributed by atoms with Gasteiger partial charge in [-0.1, -0.05) is 19.1 Å². The van der Waals surface area contributed by atoms with Gasteiger partial charge in [0.2, 0.25) is 5.69 Å². The van der Waals surface area contributed by atoms with E-state index in [1.54, 1.807) is 18.2 Å². The molecule has 0 radical (unpaired) electrons. The number of nitro groups is 1. The Balaban J connectivity index is 2.41. The molecule has 0 spiro atoms. The Labute approximate surface area is 100.0 Å². The molecule has 1 aromatic rings. The summed E-state index contributed by atoms with van der Waals surface area (Å²) in [6.45, 7) is 2.90. The predicted molar refractivity (Wildman–Crippen MR) is 66.4 cm³/mol. The maximum Gasteiger partial charge on any atom is 0.329 e. The van der Waals surface area contributed by atoms with Crippen LogP contribution in [0.25, 0.3) is 0 Å². The standard InChI is InChI=1S/C12H16N2O3/c1-10-5-4-8-14(17,9-10)12-7-3-2-6-11(12)13(15)16/h2-3,6-7,10H,4-5,8-9H2,1H3. The summed E-state index contributed by atoms with van der Waals surface area (Å²) in [6, 6.07) is 6.29. The van der Waals surface area contributed by atoms with Gasteiger partial charge >= 0.3 is 5.69 Å². The lowest BCUT2D eigenvalue weighted by Crippen LogP contribution is -2.50. The molecule has 0 aliphatic carbocycles. The first-order chi connectivity index (χ1) is 8.03. The Kier molecular flexibility index (Phi) is 3.13. The van der Waals surface area contributed by atoms with E-state index in [1.165, 1.54) is 6.07 Å². The fourth-order valence-electron chi connectivity index (χ4n) is 2.56.